The molecule has 0 aliphatic heterocycles. The van der Waals surface area contributed by atoms with E-state index in [4.69, 9.17) is 5.26 Å². The molecule has 0 amide bonds. The summed E-state index contributed by atoms with van der Waals surface area (Å²) in [5.41, 5.74) is 1.39. The number of nitriles is 1. The van der Waals surface area contributed by atoms with E-state index in [-0.39, 0.29) is 0 Å². The first kappa shape index (κ1) is 12.0. The number of allylic oxidation sites excluding steroid dienone is 1. The van der Waals surface area contributed by atoms with E-state index in [9.17, 15) is 0 Å². The Balaban J connectivity index is 2.43. The van der Waals surface area contributed by atoms with Gasteiger partial charge in [0.2, 0.25) is 0 Å². The number of hydrogen-bond donors (Lipinski definition) is 0. The maximum absolute atomic E-state index is 8.47. The average Bonchev–Trinajstić information content (AvgIpc) is 2.69. The summed E-state index contributed by atoms with van der Waals surface area (Å²) in [6.45, 7) is 2.23. The van der Waals surface area contributed by atoms with E-state index in [1.807, 2.05) is 12.1 Å². The van der Waals surface area contributed by atoms with Gasteiger partial charge in [0.05, 0.1) is 6.07 Å². The van der Waals surface area contributed by atoms with Crippen molar-refractivity contribution in [3.05, 3.63) is 28.0 Å². The van der Waals surface area contributed by atoms with Gasteiger partial charge in [-0.3, -0.25) is 0 Å². The second-order valence-corrected chi connectivity index (χ2v) is 4.53. The van der Waals surface area contributed by atoms with Gasteiger partial charge in [0.1, 0.15) is 0 Å². The van der Waals surface area contributed by atoms with Crippen molar-refractivity contribution in [2.45, 2.75) is 39.0 Å². The first-order valence-electron chi connectivity index (χ1n) is 5.51. The third-order valence-corrected chi connectivity index (χ3v) is 3.31. The molecule has 1 aromatic heterocycles. The SMILES string of the molecule is CCCCCCc1ccsc1C=CC#N. The highest BCUT2D eigenvalue weighted by Crippen LogP contribution is 2.20. The number of unbranched alkanes of at least 4 members (excludes halogenated alkanes) is 3. The van der Waals surface area contributed by atoms with E-state index >= 15 is 0 Å². The van der Waals surface area contributed by atoms with Crippen molar-refractivity contribution >= 4 is 17.4 Å². The summed E-state index contributed by atoms with van der Waals surface area (Å²) in [4.78, 5) is 1.24. The number of aryl methyl sites for hydroxylation is 1. The van der Waals surface area contributed by atoms with Crippen molar-refractivity contribution in [3.63, 3.8) is 0 Å². The maximum Gasteiger partial charge on any atom is 0.0912 e. The lowest BCUT2D eigenvalue weighted by Crippen LogP contribution is -1.85. The lowest BCUT2D eigenvalue weighted by Gasteiger charge is -1.99. The number of thiophene rings is 1. The van der Waals surface area contributed by atoms with Crippen LogP contribution in [0, 0.1) is 11.3 Å². The van der Waals surface area contributed by atoms with Crippen LogP contribution in [0.25, 0.3) is 6.08 Å². The molecule has 1 rings (SSSR count). The fourth-order valence-electron chi connectivity index (χ4n) is 1.56. The van der Waals surface area contributed by atoms with Gasteiger partial charge in [-0.2, -0.15) is 5.26 Å². The molecule has 0 spiro atoms. The van der Waals surface area contributed by atoms with E-state index in [2.05, 4.69) is 18.4 Å². The van der Waals surface area contributed by atoms with Crippen LogP contribution in [0.3, 0.4) is 0 Å². The van der Waals surface area contributed by atoms with E-state index in [0.29, 0.717) is 0 Å². The Kier molecular flexibility index (Phi) is 5.80. The first-order valence-corrected chi connectivity index (χ1v) is 6.39. The van der Waals surface area contributed by atoms with E-state index < -0.39 is 0 Å². The Bertz CT molecular complexity index is 344. The van der Waals surface area contributed by atoms with Crippen molar-refractivity contribution < 1.29 is 0 Å². The summed E-state index contributed by atoms with van der Waals surface area (Å²) in [5.74, 6) is 0. The maximum atomic E-state index is 8.47. The van der Waals surface area contributed by atoms with Crippen LogP contribution in [-0.4, -0.2) is 0 Å². The predicted octanol–water partition coefficient (Wildman–Crippen LogP) is 4.41. The molecule has 1 heterocycles. The van der Waals surface area contributed by atoms with Crippen molar-refractivity contribution in [2.75, 3.05) is 0 Å². The van der Waals surface area contributed by atoms with Crippen LogP contribution in [0.1, 0.15) is 43.0 Å². The molecule has 15 heavy (non-hydrogen) atoms. The number of rotatable bonds is 6. The summed E-state index contributed by atoms with van der Waals surface area (Å²) < 4.78 is 0. The lowest BCUT2D eigenvalue weighted by atomic mass is 10.1. The van der Waals surface area contributed by atoms with E-state index in [1.54, 1.807) is 17.4 Å². The van der Waals surface area contributed by atoms with Crippen LogP contribution in [0.15, 0.2) is 17.5 Å². The second-order valence-electron chi connectivity index (χ2n) is 3.58. The standard InChI is InChI=1S/C13H17NS/c1-2-3-4-5-7-12-9-11-15-13(12)8-6-10-14/h6,8-9,11H,2-5,7H2,1H3. The molecule has 0 fully saturated rings. The molecule has 0 radical (unpaired) electrons. The van der Waals surface area contributed by atoms with Gasteiger partial charge in [-0.05, 0) is 35.9 Å². The molecule has 0 unspecified atom stereocenters. The highest BCUT2D eigenvalue weighted by Gasteiger charge is 2.00. The highest BCUT2D eigenvalue weighted by atomic mass is 32.1. The van der Waals surface area contributed by atoms with Crippen LogP contribution >= 0.6 is 11.3 Å². The molecule has 0 saturated heterocycles. The van der Waals surface area contributed by atoms with Gasteiger partial charge < -0.3 is 0 Å². The Morgan fingerprint density at radius 1 is 1.40 bits per heavy atom. The van der Waals surface area contributed by atoms with Gasteiger partial charge in [0.15, 0.2) is 0 Å². The average molecular weight is 219 g/mol. The largest absolute Gasteiger partial charge is 0.193 e. The quantitative estimate of drug-likeness (QED) is 0.513. The zero-order valence-electron chi connectivity index (χ0n) is 9.20. The van der Waals surface area contributed by atoms with Crippen LogP contribution in [-0.2, 0) is 6.42 Å². The summed E-state index contributed by atoms with van der Waals surface area (Å²) in [7, 11) is 0. The Labute approximate surface area is 96.1 Å². The minimum absolute atomic E-state index is 1.15. The van der Waals surface area contributed by atoms with Crippen LogP contribution in [0.2, 0.25) is 0 Å². The summed E-state index contributed by atoms with van der Waals surface area (Å²) >= 11 is 1.72. The highest BCUT2D eigenvalue weighted by molar-refractivity contribution is 7.11. The molecular weight excluding hydrogens is 202 g/mol. The summed E-state index contributed by atoms with van der Waals surface area (Å²) in [6, 6.07) is 4.21. The van der Waals surface area contributed by atoms with E-state index in [1.165, 1.54) is 36.1 Å². The Morgan fingerprint density at radius 3 is 3.00 bits per heavy atom. The van der Waals surface area contributed by atoms with Gasteiger partial charge in [-0.25, -0.2) is 0 Å². The smallest absolute Gasteiger partial charge is 0.0912 e. The molecule has 0 bridgehead atoms. The van der Waals surface area contributed by atoms with Crippen molar-refractivity contribution in [2.24, 2.45) is 0 Å². The Hall–Kier alpha value is -1.07. The van der Waals surface area contributed by atoms with Gasteiger partial charge in [-0.1, -0.05) is 26.2 Å². The van der Waals surface area contributed by atoms with Crippen LogP contribution in [0.5, 0.6) is 0 Å². The molecule has 0 aliphatic rings. The molecule has 0 aliphatic carbocycles. The van der Waals surface area contributed by atoms with Gasteiger partial charge >= 0.3 is 0 Å². The number of hydrogen-bond acceptors (Lipinski definition) is 2. The normalized spacial score (nSPS) is 10.7. The van der Waals surface area contributed by atoms with Crippen LogP contribution < -0.4 is 0 Å². The van der Waals surface area contributed by atoms with Gasteiger partial charge in [-0.15, -0.1) is 11.3 Å². The molecule has 2 heteroatoms. The molecular formula is C13H17NS. The molecule has 0 atom stereocenters. The zero-order valence-corrected chi connectivity index (χ0v) is 10.0. The zero-order chi connectivity index (χ0) is 10.9. The molecule has 0 N–H and O–H groups in total. The van der Waals surface area contributed by atoms with Crippen LogP contribution in [0.4, 0.5) is 0 Å². The molecule has 1 nitrogen and oxygen atoms in total. The number of nitrogens with zero attached hydrogens (tertiary/aromatic N) is 1. The molecule has 0 saturated carbocycles. The monoisotopic (exact) mass is 219 g/mol. The Morgan fingerprint density at radius 2 is 2.27 bits per heavy atom. The fraction of sp³-hybridized carbons (Fsp3) is 0.462. The molecule has 1 aromatic rings. The predicted molar refractivity (Wildman–Crippen MR) is 66.8 cm³/mol. The third kappa shape index (κ3) is 4.31. The van der Waals surface area contributed by atoms with Crippen molar-refractivity contribution in [1.29, 1.82) is 5.26 Å². The third-order valence-electron chi connectivity index (χ3n) is 2.39. The first-order chi connectivity index (χ1) is 7.38. The molecule has 0 aromatic carbocycles. The van der Waals surface area contributed by atoms with Gasteiger partial charge in [0.25, 0.3) is 0 Å². The van der Waals surface area contributed by atoms with E-state index in [0.717, 1.165) is 6.42 Å². The minimum Gasteiger partial charge on any atom is -0.193 e. The second kappa shape index (κ2) is 7.25. The minimum atomic E-state index is 1.15. The molecule has 80 valence electrons. The summed E-state index contributed by atoms with van der Waals surface area (Å²) in [5, 5.41) is 10.6. The van der Waals surface area contributed by atoms with Crippen molar-refractivity contribution in [1.82, 2.24) is 0 Å². The van der Waals surface area contributed by atoms with Gasteiger partial charge in [0, 0.05) is 11.0 Å². The topological polar surface area (TPSA) is 23.8 Å². The summed E-state index contributed by atoms with van der Waals surface area (Å²) in [6.07, 6.45) is 9.81. The lowest BCUT2D eigenvalue weighted by molar-refractivity contribution is 0.667. The van der Waals surface area contributed by atoms with Crippen molar-refractivity contribution in [3.8, 4) is 6.07 Å². The fourth-order valence-corrected chi connectivity index (χ4v) is 2.40.